The van der Waals surface area contributed by atoms with Crippen LogP contribution < -0.4 is 10.7 Å². The molecule has 0 unspecified atom stereocenters. The van der Waals surface area contributed by atoms with Gasteiger partial charge in [-0.1, -0.05) is 6.92 Å². The molecule has 134 valence electrons. The first kappa shape index (κ1) is 18.8. The minimum Gasteiger partial charge on any atom is -0.326 e. The lowest BCUT2D eigenvalue weighted by atomic mass is 10.1. The number of non-ortho nitro benzene ring substituents is 1. The molecule has 26 heavy (non-hydrogen) atoms. The van der Waals surface area contributed by atoms with E-state index in [0.717, 1.165) is 0 Å². The monoisotopic (exact) mass is 354 g/mol. The maximum atomic E-state index is 12.1. The molecule has 0 spiro atoms. The van der Waals surface area contributed by atoms with Crippen LogP contribution in [0.2, 0.25) is 0 Å². The predicted molar refractivity (Wildman–Crippen MR) is 98.1 cm³/mol. The Kier molecular flexibility index (Phi) is 6.15. The van der Waals surface area contributed by atoms with Crippen LogP contribution in [0, 0.1) is 10.1 Å². The number of nitro groups is 1. The summed E-state index contributed by atoms with van der Waals surface area (Å²) in [5, 5.41) is 17.4. The number of hydrazone groups is 1. The lowest BCUT2D eigenvalue weighted by Gasteiger charge is -2.05. The fourth-order valence-corrected chi connectivity index (χ4v) is 2.04. The number of nitro benzene ring substituents is 1. The number of amides is 2. The van der Waals surface area contributed by atoms with Crippen LogP contribution in [0.3, 0.4) is 0 Å². The molecule has 8 nitrogen and oxygen atoms in total. The third-order valence-electron chi connectivity index (χ3n) is 3.57. The van der Waals surface area contributed by atoms with Crippen LogP contribution in [0.4, 0.5) is 11.4 Å². The van der Waals surface area contributed by atoms with Gasteiger partial charge in [-0.05, 0) is 48.9 Å². The minimum atomic E-state index is -0.482. The van der Waals surface area contributed by atoms with Gasteiger partial charge in [-0.2, -0.15) is 5.10 Å². The Bertz CT molecular complexity index is 842. The molecule has 2 amide bonds. The lowest BCUT2D eigenvalue weighted by molar-refractivity contribution is -0.384. The summed E-state index contributed by atoms with van der Waals surface area (Å²) in [5.74, 6) is -0.509. The molecule has 8 heteroatoms. The second kappa shape index (κ2) is 8.52. The van der Waals surface area contributed by atoms with E-state index in [-0.39, 0.29) is 11.6 Å². The van der Waals surface area contributed by atoms with Gasteiger partial charge < -0.3 is 5.32 Å². The molecule has 0 heterocycles. The Morgan fingerprint density at radius 2 is 1.62 bits per heavy atom. The molecule has 2 aromatic carbocycles. The Labute approximate surface area is 150 Å². The summed E-state index contributed by atoms with van der Waals surface area (Å²) in [6.07, 6.45) is 0.374. The highest BCUT2D eigenvalue weighted by molar-refractivity contribution is 6.01. The van der Waals surface area contributed by atoms with E-state index in [1.807, 2.05) is 0 Å². The van der Waals surface area contributed by atoms with Crippen LogP contribution >= 0.6 is 0 Å². The van der Waals surface area contributed by atoms with Crippen molar-refractivity contribution in [3.05, 3.63) is 69.8 Å². The summed E-state index contributed by atoms with van der Waals surface area (Å²) < 4.78 is 0. The molecule has 0 radical (unpaired) electrons. The van der Waals surface area contributed by atoms with Gasteiger partial charge in [-0.25, -0.2) is 5.43 Å². The highest BCUT2D eigenvalue weighted by atomic mass is 16.6. The topological polar surface area (TPSA) is 114 Å². The van der Waals surface area contributed by atoms with Gasteiger partial charge in [-0.15, -0.1) is 0 Å². The van der Waals surface area contributed by atoms with Crippen molar-refractivity contribution in [2.45, 2.75) is 20.3 Å². The maximum absolute atomic E-state index is 12.1. The van der Waals surface area contributed by atoms with E-state index in [1.165, 1.54) is 12.1 Å². The Balaban J connectivity index is 2.01. The molecule has 0 aromatic heterocycles. The SMILES string of the molecule is CCC(=O)Nc1ccc(C(=O)N/N=C(/C)c2ccc([N+](=O)[O-])cc2)cc1. The summed E-state index contributed by atoms with van der Waals surface area (Å²) in [7, 11) is 0. The number of hydrogen-bond acceptors (Lipinski definition) is 5. The van der Waals surface area contributed by atoms with Gasteiger partial charge in [0.2, 0.25) is 5.91 Å². The number of nitrogens with one attached hydrogen (secondary N) is 2. The number of hydrogen-bond donors (Lipinski definition) is 2. The minimum absolute atomic E-state index is 0.0131. The zero-order valence-corrected chi connectivity index (χ0v) is 14.4. The fraction of sp³-hybridized carbons (Fsp3) is 0.167. The second-order valence-corrected chi connectivity index (χ2v) is 5.42. The Morgan fingerprint density at radius 3 is 2.15 bits per heavy atom. The van der Waals surface area contributed by atoms with Gasteiger partial charge >= 0.3 is 0 Å². The molecular weight excluding hydrogens is 336 g/mol. The van der Waals surface area contributed by atoms with Gasteiger partial charge in [0.25, 0.3) is 11.6 Å². The van der Waals surface area contributed by atoms with E-state index >= 15 is 0 Å². The summed E-state index contributed by atoms with van der Waals surface area (Å²) >= 11 is 0. The normalized spacial score (nSPS) is 10.9. The largest absolute Gasteiger partial charge is 0.326 e. The number of nitrogens with zero attached hydrogens (tertiary/aromatic N) is 2. The molecule has 0 saturated heterocycles. The second-order valence-electron chi connectivity index (χ2n) is 5.42. The van der Waals surface area contributed by atoms with Gasteiger partial charge in [0.1, 0.15) is 0 Å². The van der Waals surface area contributed by atoms with Crippen molar-refractivity contribution in [1.29, 1.82) is 0 Å². The molecular formula is C18H18N4O4. The van der Waals surface area contributed by atoms with E-state index in [4.69, 9.17) is 0 Å². The van der Waals surface area contributed by atoms with Crippen molar-refractivity contribution < 1.29 is 14.5 Å². The maximum Gasteiger partial charge on any atom is 0.271 e. The zero-order valence-electron chi connectivity index (χ0n) is 14.4. The van der Waals surface area contributed by atoms with E-state index in [1.54, 1.807) is 50.2 Å². The molecule has 0 atom stereocenters. The van der Waals surface area contributed by atoms with Crippen molar-refractivity contribution >= 4 is 28.9 Å². The fourth-order valence-electron chi connectivity index (χ4n) is 2.04. The quantitative estimate of drug-likeness (QED) is 0.471. The summed E-state index contributed by atoms with van der Waals surface area (Å²) in [5.41, 5.74) is 4.59. The average Bonchev–Trinajstić information content (AvgIpc) is 2.66. The van der Waals surface area contributed by atoms with Crippen molar-refractivity contribution in [3.8, 4) is 0 Å². The third kappa shape index (κ3) is 4.97. The molecule has 0 aliphatic carbocycles. The lowest BCUT2D eigenvalue weighted by Crippen LogP contribution is -2.19. The summed E-state index contributed by atoms with van der Waals surface area (Å²) in [6.45, 7) is 3.44. The molecule has 0 aliphatic rings. The van der Waals surface area contributed by atoms with Crippen molar-refractivity contribution in [2.75, 3.05) is 5.32 Å². The third-order valence-corrected chi connectivity index (χ3v) is 3.57. The molecule has 0 bridgehead atoms. The average molecular weight is 354 g/mol. The first-order chi connectivity index (χ1) is 12.4. The first-order valence-corrected chi connectivity index (χ1v) is 7.90. The van der Waals surface area contributed by atoms with Gasteiger partial charge in [0.15, 0.2) is 0 Å². The van der Waals surface area contributed by atoms with Gasteiger partial charge in [-0.3, -0.25) is 19.7 Å². The highest BCUT2D eigenvalue weighted by Gasteiger charge is 2.08. The Hall–Kier alpha value is -3.55. The summed E-state index contributed by atoms with van der Waals surface area (Å²) in [6, 6.07) is 12.3. The van der Waals surface area contributed by atoms with Crippen molar-refractivity contribution in [2.24, 2.45) is 5.10 Å². The molecule has 0 aliphatic heterocycles. The van der Waals surface area contributed by atoms with E-state index in [9.17, 15) is 19.7 Å². The number of rotatable bonds is 6. The molecule has 0 saturated carbocycles. The van der Waals surface area contributed by atoms with Crippen molar-refractivity contribution in [1.82, 2.24) is 5.43 Å². The number of carbonyl (C=O) groups excluding carboxylic acids is 2. The van der Waals surface area contributed by atoms with E-state index < -0.39 is 10.8 Å². The Morgan fingerprint density at radius 1 is 1.04 bits per heavy atom. The smallest absolute Gasteiger partial charge is 0.271 e. The first-order valence-electron chi connectivity index (χ1n) is 7.90. The van der Waals surface area contributed by atoms with Crippen LogP contribution in [0.15, 0.2) is 53.6 Å². The molecule has 2 rings (SSSR count). The summed E-state index contributed by atoms with van der Waals surface area (Å²) in [4.78, 5) is 33.6. The molecule has 0 fully saturated rings. The molecule has 2 aromatic rings. The van der Waals surface area contributed by atoms with Crippen LogP contribution in [-0.4, -0.2) is 22.4 Å². The van der Waals surface area contributed by atoms with Crippen LogP contribution in [0.25, 0.3) is 0 Å². The number of anilines is 1. The standard InChI is InChI=1S/C18H18N4O4/c1-3-17(23)19-15-8-4-14(5-9-15)18(24)21-20-12(2)13-6-10-16(11-7-13)22(25)26/h4-11H,3H2,1-2H3,(H,19,23)(H,21,24)/b20-12-. The van der Waals surface area contributed by atoms with Gasteiger partial charge in [0.05, 0.1) is 10.6 Å². The van der Waals surface area contributed by atoms with Gasteiger partial charge in [0, 0.05) is 29.8 Å². The van der Waals surface area contributed by atoms with E-state index in [2.05, 4.69) is 15.8 Å². The van der Waals surface area contributed by atoms with Crippen LogP contribution in [-0.2, 0) is 4.79 Å². The zero-order chi connectivity index (χ0) is 19.1. The van der Waals surface area contributed by atoms with Crippen LogP contribution in [0.5, 0.6) is 0 Å². The van der Waals surface area contributed by atoms with E-state index in [0.29, 0.717) is 28.9 Å². The number of carbonyl (C=O) groups is 2. The van der Waals surface area contributed by atoms with Crippen LogP contribution in [0.1, 0.15) is 36.2 Å². The molecule has 2 N–H and O–H groups in total. The predicted octanol–water partition coefficient (Wildman–Crippen LogP) is 3.10. The highest BCUT2D eigenvalue weighted by Crippen LogP contribution is 2.13. The number of benzene rings is 2. The van der Waals surface area contributed by atoms with Crippen molar-refractivity contribution in [3.63, 3.8) is 0 Å².